The summed E-state index contributed by atoms with van der Waals surface area (Å²) in [5, 5.41) is 0.178. The van der Waals surface area contributed by atoms with Crippen LogP contribution in [0.3, 0.4) is 0 Å². The Labute approximate surface area is 341 Å². The molecular formula is C48H60Br2O2S. The molecule has 2 nitrogen and oxygen atoms in total. The Bertz CT molecular complexity index is 1580. The van der Waals surface area contributed by atoms with Crippen LogP contribution < -0.4 is 9.47 Å². The minimum absolute atomic E-state index is 0.0892. The molecule has 0 aliphatic heterocycles. The quantitative estimate of drug-likeness (QED) is 0.112. The van der Waals surface area contributed by atoms with E-state index >= 15 is 0 Å². The normalized spacial score (nSPS) is 21.5. The van der Waals surface area contributed by atoms with E-state index in [9.17, 15) is 0 Å². The molecule has 0 saturated heterocycles. The average molecular weight is 861 g/mol. The predicted molar refractivity (Wildman–Crippen MR) is 234 cm³/mol. The lowest BCUT2D eigenvalue weighted by atomic mass is 9.77. The van der Waals surface area contributed by atoms with Crippen LogP contribution in [0.4, 0.5) is 0 Å². The van der Waals surface area contributed by atoms with E-state index in [1.54, 1.807) is 0 Å². The maximum Gasteiger partial charge on any atom is 0.119 e. The molecule has 284 valence electrons. The second kappa shape index (κ2) is 20.1. The van der Waals surface area contributed by atoms with Crippen LogP contribution in [0.25, 0.3) is 0 Å². The summed E-state index contributed by atoms with van der Waals surface area (Å²) in [6.45, 7) is 10.1. The van der Waals surface area contributed by atoms with Crippen LogP contribution in [0.1, 0.15) is 160 Å². The molecule has 0 heterocycles. The van der Waals surface area contributed by atoms with Gasteiger partial charge < -0.3 is 9.47 Å². The molecule has 0 amide bonds. The minimum Gasteiger partial charge on any atom is -0.494 e. The molecule has 0 aromatic heterocycles. The molecule has 2 fully saturated rings. The van der Waals surface area contributed by atoms with Crippen molar-refractivity contribution in [3.8, 4) is 11.5 Å². The molecule has 2 aliphatic carbocycles. The van der Waals surface area contributed by atoms with Gasteiger partial charge in [0, 0.05) is 8.95 Å². The Morgan fingerprint density at radius 1 is 0.528 bits per heavy atom. The van der Waals surface area contributed by atoms with E-state index < -0.39 is 0 Å². The summed E-state index contributed by atoms with van der Waals surface area (Å²) in [6.07, 6.45) is 16.0. The first-order valence-electron chi connectivity index (χ1n) is 20.6. The van der Waals surface area contributed by atoms with Crippen LogP contribution in [0.15, 0.2) is 93.9 Å². The summed E-state index contributed by atoms with van der Waals surface area (Å²) in [6, 6.07) is 32.2. The Hall–Kier alpha value is -2.21. The third kappa shape index (κ3) is 10.6. The van der Waals surface area contributed by atoms with E-state index in [4.69, 9.17) is 9.47 Å². The molecule has 0 bridgehead atoms. The number of hydrogen-bond acceptors (Lipinski definition) is 3. The molecule has 0 spiro atoms. The van der Waals surface area contributed by atoms with Crippen molar-refractivity contribution in [2.45, 2.75) is 127 Å². The van der Waals surface area contributed by atoms with Gasteiger partial charge in [-0.15, -0.1) is 11.8 Å². The van der Waals surface area contributed by atoms with Crippen molar-refractivity contribution in [2.24, 2.45) is 11.8 Å². The summed E-state index contributed by atoms with van der Waals surface area (Å²) in [5.41, 5.74) is 8.15. The topological polar surface area (TPSA) is 18.5 Å². The molecule has 4 aromatic rings. The van der Waals surface area contributed by atoms with Gasteiger partial charge >= 0.3 is 0 Å². The second-order valence-corrected chi connectivity index (χ2v) is 18.4. The summed E-state index contributed by atoms with van der Waals surface area (Å²) >= 11 is 10.3. The van der Waals surface area contributed by atoms with Crippen molar-refractivity contribution >= 4 is 43.6 Å². The zero-order valence-corrected chi connectivity index (χ0v) is 36.4. The van der Waals surface area contributed by atoms with Gasteiger partial charge in [0.1, 0.15) is 11.5 Å². The third-order valence-corrected chi connectivity index (χ3v) is 14.9. The molecule has 5 heteroatoms. The number of halogens is 2. The monoisotopic (exact) mass is 858 g/mol. The van der Waals surface area contributed by atoms with Gasteiger partial charge in [0.15, 0.2) is 0 Å². The Morgan fingerprint density at radius 2 is 0.906 bits per heavy atom. The molecule has 2 unspecified atom stereocenters. The van der Waals surface area contributed by atoms with Crippen molar-refractivity contribution in [3.05, 3.63) is 127 Å². The lowest BCUT2D eigenvalue weighted by Crippen LogP contribution is -2.13. The zero-order chi connectivity index (χ0) is 37.2. The largest absolute Gasteiger partial charge is 0.494 e. The molecule has 4 aromatic carbocycles. The Morgan fingerprint density at radius 3 is 1.23 bits per heavy atom. The van der Waals surface area contributed by atoms with Gasteiger partial charge in [-0.05, 0) is 159 Å². The van der Waals surface area contributed by atoms with Crippen LogP contribution >= 0.6 is 43.6 Å². The van der Waals surface area contributed by atoms with Gasteiger partial charge in [-0.3, -0.25) is 0 Å². The van der Waals surface area contributed by atoms with Crippen molar-refractivity contribution < 1.29 is 9.47 Å². The van der Waals surface area contributed by atoms with Gasteiger partial charge in [0.2, 0.25) is 0 Å². The summed E-state index contributed by atoms with van der Waals surface area (Å²) in [5.74, 6) is 4.95. The van der Waals surface area contributed by atoms with Gasteiger partial charge in [-0.1, -0.05) is 120 Å². The van der Waals surface area contributed by atoms with E-state index in [1.807, 2.05) is 25.6 Å². The molecular weight excluding hydrogens is 800 g/mol. The van der Waals surface area contributed by atoms with E-state index in [0.29, 0.717) is 25.0 Å². The molecule has 2 aliphatic rings. The number of rotatable bonds is 16. The maximum atomic E-state index is 5.89. The maximum absolute atomic E-state index is 5.89. The highest BCUT2D eigenvalue weighted by atomic mass is 79.9. The molecule has 2 atom stereocenters. The summed E-state index contributed by atoms with van der Waals surface area (Å²) in [4.78, 5) is 0. The second-order valence-electron chi connectivity index (χ2n) is 15.5. The van der Waals surface area contributed by atoms with E-state index in [2.05, 4.69) is 131 Å². The first-order valence-corrected chi connectivity index (χ1v) is 23.1. The minimum atomic E-state index is 0.0892. The summed E-state index contributed by atoms with van der Waals surface area (Å²) in [7, 11) is 0. The SMILES string of the molecule is CCCC1CCC(c2ccc(C(SC(c3ccc(OCC)cc3)c3ccc(C4CCC(CCC)CC4)cc3Br)c3ccc(OCC)cc3)c(Br)c2)CC1. The van der Waals surface area contributed by atoms with E-state index in [0.717, 1.165) is 23.3 Å². The van der Waals surface area contributed by atoms with Crippen LogP contribution in [0.5, 0.6) is 11.5 Å². The smallest absolute Gasteiger partial charge is 0.119 e. The van der Waals surface area contributed by atoms with Crippen molar-refractivity contribution in [1.29, 1.82) is 0 Å². The average Bonchev–Trinajstić information content (AvgIpc) is 3.18. The van der Waals surface area contributed by atoms with Crippen LogP contribution in [-0.2, 0) is 0 Å². The highest BCUT2D eigenvalue weighted by Gasteiger charge is 2.29. The van der Waals surface area contributed by atoms with E-state index in [1.165, 1.54) is 119 Å². The Kier molecular flexibility index (Phi) is 15.3. The van der Waals surface area contributed by atoms with Crippen LogP contribution in [-0.4, -0.2) is 13.2 Å². The molecule has 2 saturated carbocycles. The summed E-state index contributed by atoms with van der Waals surface area (Å²) < 4.78 is 14.2. The molecule has 0 N–H and O–H groups in total. The van der Waals surface area contributed by atoms with Crippen molar-refractivity contribution in [2.75, 3.05) is 13.2 Å². The fourth-order valence-corrected chi connectivity index (χ4v) is 12.2. The third-order valence-electron chi connectivity index (χ3n) is 11.9. The number of thioether (sulfide) groups is 1. The molecule has 6 rings (SSSR count). The Balaban J connectivity index is 1.35. The van der Waals surface area contributed by atoms with Crippen molar-refractivity contribution in [3.63, 3.8) is 0 Å². The van der Waals surface area contributed by atoms with Crippen molar-refractivity contribution in [1.82, 2.24) is 0 Å². The lowest BCUT2D eigenvalue weighted by Gasteiger charge is -2.31. The fourth-order valence-electron chi connectivity index (χ4n) is 9.02. The number of ether oxygens (including phenoxy) is 2. The van der Waals surface area contributed by atoms with Crippen LogP contribution in [0.2, 0.25) is 0 Å². The van der Waals surface area contributed by atoms with Gasteiger partial charge in [-0.2, -0.15) is 0 Å². The lowest BCUT2D eigenvalue weighted by molar-refractivity contribution is 0.308. The fraction of sp³-hybridized carbons (Fsp3) is 0.500. The standard InChI is InChI=1S/C48H60Br2O2S/c1-5-9-33-11-15-35(16-12-33)39-23-29-43(45(49)31-39)47(37-19-25-41(26-20-37)51-7-3)53-48(38-21-27-42(28-22-38)52-8-4)44-30-24-40(32-46(44)50)36-17-13-34(10-6-2)14-18-36/h19-36,47-48H,5-18H2,1-4H3. The zero-order valence-electron chi connectivity index (χ0n) is 32.4. The van der Waals surface area contributed by atoms with Gasteiger partial charge in [0.25, 0.3) is 0 Å². The van der Waals surface area contributed by atoms with Gasteiger partial charge in [-0.25, -0.2) is 0 Å². The van der Waals surface area contributed by atoms with E-state index in [-0.39, 0.29) is 10.5 Å². The van der Waals surface area contributed by atoms with Crippen LogP contribution in [0, 0.1) is 11.8 Å². The van der Waals surface area contributed by atoms with Gasteiger partial charge in [0.05, 0.1) is 23.7 Å². The first kappa shape index (κ1) is 40.5. The number of benzene rings is 4. The number of hydrogen-bond donors (Lipinski definition) is 0. The highest BCUT2D eigenvalue weighted by Crippen LogP contribution is 2.52. The molecule has 0 radical (unpaired) electrons. The predicted octanol–water partition coefficient (Wildman–Crippen LogP) is 15.8. The molecule has 53 heavy (non-hydrogen) atoms. The first-order chi connectivity index (χ1) is 25.9. The highest BCUT2D eigenvalue weighted by molar-refractivity contribution is 9.10.